The highest BCUT2D eigenvalue weighted by Gasteiger charge is 2.45. The molecule has 10 aliphatic rings. The van der Waals surface area contributed by atoms with Crippen LogP contribution in [0, 0.1) is 31.0 Å². The molecule has 1 atom stereocenters. The first kappa shape index (κ1) is 77.9. The molecule has 5 amide bonds. The molecule has 12 aromatic heterocycles. The number of amides is 5. The van der Waals surface area contributed by atoms with Gasteiger partial charge in [-0.15, -0.1) is 0 Å². The summed E-state index contributed by atoms with van der Waals surface area (Å²) in [5.41, 5.74) is 24.3. The lowest BCUT2D eigenvalue weighted by Gasteiger charge is -2.32. The van der Waals surface area contributed by atoms with Crippen molar-refractivity contribution in [2.75, 3.05) is 39.8 Å². The van der Waals surface area contributed by atoms with Gasteiger partial charge in [-0.1, -0.05) is 47.5 Å². The third kappa shape index (κ3) is 13.6. The number of ether oxygens (including phenoxy) is 1. The Balaban J connectivity index is 0.0000000950. The predicted molar refractivity (Wildman–Crippen MR) is 472 cm³/mol. The van der Waals surface area contributed by atoms with Crippen molar-refractivity contribution in [1.82, 2.24) is 82.2 Å². The Labute approximate surface area is 722 Å². The lowest BCUT2D eigenvalue weighted by Crippen LogP contribution is -2.44. The molecule has 3 aromatic carbocycles. The van der Waals surface area contributed by atoms with Crippen LogP contribution in [0.15, 0.2) is 189 Å². The quantitative estimate of drug-likeness (QED) is 0.124. The molecule has 25 rings (SSSR count). The first-order chi connectivity index (χ1) is 60.6. The fraction of sp³-hybridized carbons (Fsp3) is 0.289. The van der Waals surface area contributed by atoms with E-state index >= 15 is 0 Å². The number of rotatable bonds is 10. The average molecular weight is 1690 g/mol. The number of carbonyl (C=O) groups excluding carboxylic acids is 5. The molecule has 620 valence electrons. The Morgan fingerprint density at radius 1 is 0.379 bits per heavy atom. The number of halogens is 3. The van der Waals surface area contributed by atoms with Crippen LogP contribution in [0.3, 0.4) is 0 Å². The van der Waals surface area contributed by atoms with Crippen molar-refractivity contribution in [2.45, 2.75) is 141 Å². The van der Waals surface area contributed by atoms with Gasteiger partial charge in [-0.05, 0) is 215 Å². The maximum absolute atomic E-state index is 13.6. The van der Waals surface area contributed by atoms with Gasteiger partial charge in [0, 0.05) is 189 Å². The number of hydrogen-bond acceptors (Lipinski definition) is 14. The number of aromatic nitrogens is 12. The van der Waals surface area contributed by atoms with Crippen molar-refractivity contribution in [1.29, 1.82) is 5.26 Å². The van der Waals surface area contributed by atoms with Crippen LogP contribution >= 0.6 is 23.2 Å². The molecule has 5 fully saturated rings. The van der Waals surface area contributed by atoms with Crippen molar-refractivity contribution >= 4 is 108 Å². The van der Waals surface area contributed by atoms with E-state index in [0.29, 0.717) is 63.1 Å². The molecule has 1 saturated heterocycles. The number of fused-ring (bicyclic) bond motifs is 16. The van der Waals surface area contributed by atoms with Crippen LogP contribution in [-0.4, -0.2) is 182 Å². The van der Waals surface area contributed by atoms with Crippen LogP contribution in [0.4, 0.5) is 4.39 Å². The zero-order chi connectivity index (χ0) is 84.4. The van der Waals surface area contributed by atoms with Gasteiger partial charge in [0.1, 0.15) is 34.3 Å². The highest BCUT2D eigenvalue weighted by atomic mass is 35.5. The van der Waals surface area contributed by atoms with Gasteiger partial charge in [0.05, 0.1) is 85.0 Å². The summed E-state index contributed by atoms with van der Waals surface area (Å²) in [6, 6.07) is 47.5. The maximum Gasteiger partial charge on any atom is 0.271 e. The molecule has 0 radical (unpaired) electrons. The largest absolute Gasteiger partial charge is 0.481 e. The van der Waals surface area contributed by atoms with Gasteiger partial charge in [-0.25, -0.2) is 9.37 Å². The van der Waals surface area contributed by atoms with E-state index in [0.717, 1.165) is 269 Å². The second-order valence-corrected chi connectivity index (χ2v) is 34.4. The molecule has 4 saturated carbocycles. The summed E-state index contributed by atoms with van der Waals surface area (Å²) >= 11 is 12.2. The first-order valence-electron chi connectivity index (χ1n) is 42.6. The Kier molecular flexibility index (Phi) is 19.8. The summed E-state index contributed by atoms with van der Waals surface area (Å²) in [6.07, 6.45) is 25.0. The third-order valence-corrected chi connectivity index (χ3v) is 26.3. The van der Waals surface area contributed by atoms with Gasteiger partial charge in [0.2, 0.25) is 5.88 Å². The molecule has 6 aliphatic heterocycles. The minimum absolute atomic E-state index is 0.0745. The van der Waals surface area contributed by atoms with Crippen LogP contribution in [0.1, 0.15) is 133 Å². The van der Waals surface area contributed by atoms with E-state index in [1.165, 1.54) is 12.1 Å². The lowest BCUT2D eigenvalue weighted by molar-refractivity contribution is 0.0668. The number of carbonyl (C=O) groups is 5. The Morgan fingerprint density at radius 3 is 1.17 bits per heavy atom. The highest BCUT2D eigenvalue weighted by Crippen LogP contribution is 2.47. The minimum atomic E-state index is -0.266. The molecule has 0 N–H and O–H groups in total. The topological polar surface area (TPSA) is 249 Å². The Bertz CT molecular complexity index is 6950. The third-order valence-electron chi connectivity index (χ3n) is 25.8. The van der Waals surface area contributed by atoms with Crippen molar-refractivity contribution in [3.63, 3.8) is 0 Å². The van der Waals surface area contributed by atoms with Gasteiger partial charge in [0.15, 0.2) is 0 Å². The van der Waals surface area contributed by atoms with Gasteiger partial charge in [-0.2, -0.15) is 5.26 Å². The van der Waals surface area contributed by atoms with Crippen LogP contribution in [0.2, 0.25) is 10.0 Å². The molecular weight excluding hydrogens is 1600 g/mol. The van der Waals surface area contributed by atoms with Crippen LogP contribution in [0.25, 0.3) is 111 Å². The summed E-state index contributed by atoms with van der Waals surface area (Å²) in [5, 5.41) is 10.4. The summed E-state index contributed by atoms with van der Waals surface area (Å²) in [6.45, 7) is 11.8. The molecular formula is C97H85Cl2FN18O6. The number of aryl methyl sites for hydroxylation is 2. The molecule has 18 heterocycles. The molecule has 4 aliphatic carbocycles. The zero-order valence-corrected chi connectivity index (χ0v) is 70.1. The van der Waals surface area contributed by atoms with Crippen molar-refractivity contribution in [3.8, 4) is 67.6 Å². The molecule has 0 bridgehead atoms. The minimum Gasteiger partial charge on any atom is -0.481 e. The molecule has 24 nitrogen and oxygen atoms in total. The average Bonchev–Trinajstić information content (AvgIpc) is 1.59. The van der Waals surface area contributed by atoms with Gasteiger partial charge >= 0.3 is 0 Å². The van der Waals surface area contributed by atoms with Crippen LogP contribution < -0.4 is 4.74 Å². The standard InChI is InChI=1S/C21H18N4O.C20H18FN3O.C19H16ClN3O.C19H18N4O2.C18H15ClN4O/c1-13-11-14(12-22)4-7-16(13)18-19-17(3-2-8-23-19)25-10-9-24(15-5-6-15)21(26)20(18)25;1-12-11-13(21)4-7-15(12)17-18-16(3-2-8-22-18)24-10-9-23(14-5-6-14)20(25)19(17)24;20-13-7-5-12(6-8-13)16-17-15(4-1-9-21-17)23-11-14-3-2-10-22(14)19(24)18(16)23;1-25-15-7-4-12(11-21-15)16-17-14(3-2-8-20-17)23-10-9-22(13-5-6-13)19(24)18(16)23;19-12-8-11(9-20-10-12)15-16-14(2-1-5-21-16)23-7-6-22(13-3-4-13)18(24)17(15)23/h2-4,7-8,11,15H,5-6,9-10H2,1H3;2-4,7-8,11,14H,5-6,9-10H2,1H3;1,4-9,14H,2-3,10-11H2;2-4,7-8,11,13H,5-6,9-10H2,1H3;1-2,5,8-10,13H,3-4,6-7H2/t;;14-;;/m..0../s1. The van der Waals surface area contributed by atoms with Crippen LogP contribution in [0.5, 0.6) is 5.88 Å². The van der Waals surface area contributed by atoms with Crippen molar-refractivity contribution in [3.05, 3.63) is 250 Å². The van der Waals surface area contributed by atoms with Crippen molar-refractivity contribution < 1.29 is 33.1 Å². The second kappa shape index (κ2) is 31.5. The van der Waals surface area contributed by atoms with E-state index in [9.17, 15) is 28.4 Å². The monoisotopic (exact) mass is 1690 g/mol. The van der Waals surface area contributed by atoms with Crippen molar-refractivity contribution in [2.24, 2.45) is 0 Å². The number of nitrogens with zero attached hydrogens (tertiary/aromatic N) is 18. The summed E-state index contributed by atoms with van der Waals surface area (Å²) in [7, 11) is 1.59. The summed E-state index contributed by atoms with van der Waals surface area (Å²) in [4.78, 5) is 108. The van der Waals surface area contributed by atoms with Gasteiger partial charge < -0.3 is 52.1 Å². The zero-order valence-electron chi connectivity index (χ0n) is 68.6. The maximum atomic E-state index is 13.6. The highest BCUT2D eigenvalue weighted by molar-refractivity contribution is 6.31. The van der Waals surface area contributed by atoms with E-state index in [4.69, 9.17) is 33.2 Å². The normalized spacial score (nSPS) is 17.5. The molecule has 0 spiro atoms. The number of hydrogen-bond donors (Lipinski definition) is 0. The van der Waals surface area contributed by atoms with Gasteiger partial charge in [0.25, 0.3) is 29.5 Å². The molecule has 0 unspecified atom stereocenters. The number of pyridine rings is 7. The fourth-order valence-electron chi connectivity index (χ4n) is 19.5. The number of methoxy groups -OCH3 is 1. The first-order valence-corrected chi connectivity index (χ1v) is 43.4. The summed E-state index contributed by atoms with van der Waals surface area (Å²) in [5.74, 6) is 0.805. The van der Waals surface area contributed by atoms with Gasteiger partial charge in [-0.3, -0.25) is 53.9 Å². The van der Waals surface area contributed by atoms with E-state index in [1.54, 1.807) is 62.8 Å². The second-order valence-electron chi connectivity index (χ2n) is 33.5. The number of nitriles is 1. The van der Waals surface area contributed by atoms with E-state index in [2.05, 4.69) is 69.9 Å². The van der Waals surface area contributed by atoms with E-state index < -0.39 is 0 Å². The predicted octanol–water partition coefficient (Wildman–Crippen LogP) is 17.3. The summed E-state index contributed by atoms with van der Waals surface area (Å²) < 4.78 is 29.3. The Hall–Kier alpha value is -13.4. The Morgan fingerprint density at radius 2 is 0.766 bits per heavy atom. The SMILES string of the molecule is COc1ccc(-c2c3n(c4cccnc24)CCN(C2CC2)C3=O)cn1.Cc1cc(C#N)ccc1-c1c2n(c3cccnc13)CCN(C1CC1)C2=O.Cc1cc(F)ccc1-c1c2n(c3cccnc13)CCN(C1CC1)C2=O.O=C1c2c(-c3ccc(Cl)cc3)c3ncccc3n2C[C@@H]2CCCN12.O=C1c2c(-c3cncc(Cl)c3)c3ncccc3n2CCN1C1CC1. The van der Waals surface area contributed by atoms with Crippen LogP contribution in [-0.2, 0) is 32.7 Å². The fourth-order valence-corrected chi connectivity index (χ4v) is 19.8. The van der Waals surface area contributed by atoms with E-state index in [-0.39, 0.29) is 35.4 Å². The molecule has 27 heteroatoms. The smallest absolute Gasteiger partial charge is 0.271 e. The van der Waals surface area contributed by atoms with E-state index in [1.807, 2.05) is 154 Å². The molecule has 124 heavy (non-hydrogen) atoms. The molecule has 15 aromatic rings. The number of benzene rings is 3. The lowest BCUT2D eigenvalue weighted by atomic mass is 9.97.